The average molecular weight is 333 g/mol. The maximum Gasteiger partial charge on any atom is 0.129 e. The molecule has 0 saturated heterocycles. The Labute approximate surface area is 141 Å². The number of aliphatic hydroxyl groups excluding tert-OH is 2. The minimum atomic E-state index is -0.868. The molecule has 24 heavy (non-hydrogen) atoms. The number of aliphatic hydroxyl groups is 2. The van der Waals surface area contributed by atoms with Crippen LogP contribution in [0.3, 0.4) is 0 Å². The van der Waals surface area contributed by atoms with Crippen molar-refractivity contribution in [3.63, 3.8) is 0 Å². The van der Waals surface area contributed by atoms with Crippen molar-refractivity contribution in [3.05, 3.63) is 65.5 Å². The van der Waals surface area contributed by atoms with Gasteiger partial charge in [-0.25, -0.2) is 4.39 Å². The van der Waals surface area contributed by atoms with Crippen molar-refractivity contribution in [1.29, 1.82) is 0 Å². The smallest absolute Gasteiger partial charge is 0.129 e. The number of rotatable bonds is 9. The van der Waals surface area contributed by atoms with Crippen LogP contribution in [-0.4, -0.2) is 36.5 Å². The van der Waals surface area contributed by atoms with Gasteiger partial charge in [0.15, 0.2) is 0 Å². The van der Waals surface area contributed by atoms with Crippen LogP contribution in [0.1, 0.15) is 30.1 Å². The molecule has 4 nitrogen and oxygen atoms in total. The highest BCUT2D eigenvalue weighted by molar-refractivity contribution is 5.29. The molecule has 2 unspecified atom stereocenters. The molecule has 2 rings (SSSR count). The van der Waals surface area contributed by atoms with E-state index in [1.165, 1.54) is 6.07 Å². The summed E-state index contributed by atoms with van der Waals surface area (Å²) in [6.45, 7) is 3.31. The lowest BCUT2D eigenvalue weighted by Crippen LogP contribution is -2.26. The maximum absolute atomic E-state index is 13.6. The van der Waals surface area contributed by atoms with E-state index in [1.807, 2.05) is 24.3 Å². The summed E-state index contributed by atoms with van der Waals surface area (Å²) in [5.41, 5.74) is 1.45. The van der Waals surface area contributed by atoms with Crippen molar-refractivity contribution in [2.24, 2.45) is 0 Å². The van der Waals surface area contributed by atoms with Crippen LogP contribution in [0.5, 0.6) is 5.75 Å². The molecule has 3 N–H and O–H groups in total. The van der Waals surface area contributed by atoms with Gasteiger partial charge in [0.2, 0.25) is 0 Å². The van der Waals surface area contributed by atoms with Crippen LogP contribution < -0.4 is 10.1 Å². The molecule has 130 valence electrons. The normalized spacial score (nSPS) is 13.5. The van der Waals surface area contributed by atoms with Gasteiger partial charge in [-0.1, -0.05) is 37.3 Å². The molecule has 0 heterocycles. The van der Waals surface area contributed by atoms with E-state index in [-0.39, 0.29) is 19.1 Å². The highest BCUT2D eigenvalue weighted by Gasteiger charge is 2.12. The molecule has 0 radical (unpaired) electrons. The van der Waals surface area contributed by atoms with E-state index in [0.717, 1.165) is 11.3 Å². The van der Waals surface area contributed by atoms with Crippen molar-refractivity contribution in [1.82, 2.24) is 5.32 Å². The van der Waals surface area contributed by atoms with E-state index in [0.29, 0.717) is 18.7 Å². The van der Waals surface area contributed by atoms with Crippen LogP contribution in [0, 0.1) is 5.82 Å². The lowest BCUT2D eigenvalue weighted by atomic mass is 10.0. The summed E-state index contributed by atoms with van der Waals surface area (Å²) in [5, 5.41) is 22.0. The van der Waals surface area contributed by atoms with Gasteiger partial charge in [0.05, 0.1) is 12.7 Å². The molecular weight excluding hydrogens is 309 g/mol. The van der Waals surface area contributed by atoms with Crippen molar-refractivity contribution in [2.45, 2.75) is 18.9 Å². The van der Waals surface area contributed by atoms with Crippen molar-refractivity contribution in [2.75, 3.05) is 26.3 Å². The van der Waals surface area contributed by atoms with Crippen LogP contribution in [-0.2, 0) is 0 Å². The summed E-state index contributed by atoms with van der Waals surface area (Å²) < 4.78 is 18.9. The summed E-state index contributed by atoms with van der Waals surface area (Å²) >= 11 is 0. The molecule has 0 saturated carbocycles. The Morgan fingerprint density at radius 1 is 1.08 bits per heavy atom. The highest BCUT2D eigenvalue weighted by Crippen LogP contribution is 2.20. The zero-order chi connectivity index (χ0) is 17.4. The number of hydrogen-bond donors (Lipinski definition) is 3. The molecule has 2 aromatic carbocycles. The Hall–Kier alpha value is -1.95. The SMILES string of the molecule is CC(CNCC(O)c1ccccc1F)c1ccc(OCCO)cc1. The molecule has 0 aromatic heterocycles. The van der Waals surface area contributed by atoms with Crippen molar-refractivity contribution >= 4 is 0 Å². The molecule has 2 atom stereocenters. The first-order valence-corrected chi connectivity index (χ1v) is 8.08. The van der Waals surface area contributed by atoms with E-state index < -0.39 is 11.9 Å². The minimum Gasteiger partial charge on any atom is -0.491 e. The summed E-state index contributed by atoms with van der Waals surface area (Å²) in [5.74, 6) is 0.575. The van der Waals surface area contributed by atoms with Gasteiger partial charge >= 0.3 is 0 Å². The second-order valence-electron chi connectivity index (χ2n) is 5.74. The first-order valence-electron chi connectivity index (χ1n) is 8.08. The first kappa shape index (κ1) is 18.4. The predicted octanol–water partition coefficient (Wildman–Crippen LogP) is 2.62. The molecule has 0 amide bonds. The number of hydrogen-bond acceptors (Lipinski definition) is 4. The fourth-order valence-corrected chi connectivity index (χ4v) is 2.47. The summed E-state index contributed by atoms with van der Waals surface area (Å²) in [7, 11) is 0. The Morgan fingerprint density at radius 2 is 1.79 bits per heavy atom. The molecule has 0 bridgehead atoms. The minimum absolute atomic E-state index is 0.00753. The van der Waals surface area contributed by atoms with Crippen LogP contribution in [0.15, 0.2) is 48.5 Å². The maximum atomic E-state index is 13.6. The molecule has 2 aromatic rings. The van der Waals surface area contributed by atoms with Gasteiger partial charge in [-0.15, -0.1) is 0 Å². The molecule has 0 aliphatic rings. The third kappa shape index (κ3) is 5.30. The largest absolute Gasteiger partial charge is 0.491 e. The number of nitrogens with one attached hydrogen (secondary N) is 1. The van der Waals surface area contributed by atoms with Crippen LogP contribution in [0.2, 0.25) is 0 Å². The highest BCUT2D eigenvalue weighted by atomic mass is 19.1. The lowest BCUT2D eigenvalue weighted by molar-refractivity contribution is 0.169. The van der Waals surface area contributed by atoms with Gasteiger partial charge in [-0.3, -0.25) is 0 Å². The van der Waals surface area contributed by atoms with Crippen molar-refractivity contribution in [3.8, 4) is 5.75 Å². The monoisotopic (exact) mass is 333 g/mol. The molecule has 0 fully saturated rings. The second-order valence-corrected chi connectivity index (χ2v) is 5.74. The fraction of sp³-hybridized carbons (Fsp3) is 0.368. The second kappa shape index (κ2) is 9.37. The van der Waals surface area contributed by atoms with Gasteiger partial charge in [0.25, 0.3) is 0 Å². The van der Waals surface area contributed by atoms with Gasteiger partial charge in [-0.05, 0) is 29.7 Å². The van der Waals surface area contributed by atoms with E-state index in [4.69, 9.17) is 9.84 Å². The Balaban J connectivity index is 1.80. The summed E-state index contributed by atoms with van der Waals surface area (Å²) in [4.78, 5) is 0. The van der Waals surface area contributed by atoms with Crippen molar-refractivity contribution < 1.29 is 19.3 Å². The zero-order valence-corrected chi connectivity index (χ0v) is 13.8. The Morgan fingerprint density at radius 3 is 2.46 bits per heavy atom. The van der Waals surface area contributed by atoms with Crippen LogP contribution >= 0.6 is 0 Å². The predicted molar refractivity (Wildman–Crippen MR) is 91.7 cm³/mol. The van der Waals surface area contributed by atoms with Gasteiger partial charge in [-0.2, -0.15) is 0 Å². The quantitative estimate of drug-likeness (QED) is 0.660. The summed E-state index contributed by atoms with van der Waals surface area (Å²) in [6, 6.07) is 14.0. The van der Waals surface area contributed by atoms with Gasteiger partial charge in [0.1, 0.15) is 18.2 Å². The third-order valence-electron chi connectivity index (χ3n) is 3.86. The third-order valence-corrected chi connectivity index (χ3v) is 3.86. The first-order chi connectivity index (χ1) is 11.6. The molecular formula is C19H24FNO3. The standard InChI is InChI=1S/C19H24FNO3/c1-14(15-6-8-16(9-7-15)24-11-10-22)12-21-13-19(23)17-4-2-3-5-18(17)20/h2-9,14,19,21-23H,10-13H2,1H3. The van der Waals surface area contributed by atoms with E-state index in [1.54, 1.807) is 18.2 Å². The molecule has 0 aliphatic carbocycles. The Bertz CT molecular complexity index is 618. The summed E-state index contributed by atoms with van der Waals surface area (Å²) in [6.07, 6.45) is -0.868. The zero-order valence-electron chi connectivity index (χ0n) is 13.8. The number of ether oxygens (including phenoxy) is 1. The topological polar surface area (TPSA) is 61.7 Å². The molecule has 0 spiro atoms. The number of benzene rings is 2. The van der Waals surface area contributed by atoms with Crippen LogP contribution in [0.4, 0.5) is 4.39 Å². The molecule has 0 aliphatic heterocycles. The average Bonchev–Trinajstić information content (AvgIpc) is 2.60. The van der Waals surface area contributed by atoms with E-state index in [9.17, 15) is 9.50 Å². The Kier molecular flexibility index (Phi) is 7.18. The molecule has 5 heteroatoms. The van der Waals surface area contributed by atoms with Gasteiger partial charge < -0.3 is 20.3 Å². The van der Waals surface area contributed by atoms with Crippen LogP contribution in [0.25, 0.3) is 0 Å². The number of halogens is 1. The van der Waals surface area contributed by atoms with Gasteiger partial charge in [0, 0.05) is 18.7 Å². The van der Waals surface area contributed by atoms with E-state index >= 15 is 0 Å². The van der Waals surface area contributed by atoms with E-state index in [2.05, 4.69) is 12.2 Å². The fourth-order valence-electron chi connectivity index (χ4n) is 2.47. The lowest BCUT2D eigenvalue weighted by Gasteiger charge is -2.17.